The Morgan fingerprint density at radius 2 is 1.85 bits per heavy atom. The first kappa shape index (κ1) is 18.2. The van der Waals surface area contributed by atoms with Gasteiger partial charge in [-0.15, -0.1) is 0 Å². The van der Waals surface area contributed by atoms with Crippen molar-refractivity contribution in [3.05, 3.63) is 47.3 Å². The normalized spacial score (nSPS) is 18.4. The van der Waals surface area contributed by atoms with E-state index in [-0.39, 0.29) is 18.0 Å². The van der Waals surface area contributed by atoms with Crippen molar-refractivity contribution >= 4 is 16.0 Å². The Labute approximate surface area is 155 Å². The third-order valence-corrected chi connectivity index (χ3v) is 6.56. The fourth-order valence-corrected chi connectivity index (χ4v) is 4.59. The van der Waals surface area contributed by atoms with E-state index in [2.05, 4.69) is 9.97 Å². The number of hydrogen-bond acceptors (Lipinski definition) is 6. The van der Waals surface area contributed by atoms with Crippen molar-refractivity contribution in [1.82, 2.24) is 14.3 Å². The third kappa shape index (κ3) is 3.52. The molecule has 0 spiro atoms. The number of benzene rings is 1. The molecule has 0 aliphatic carbocycles. The summed E-state index contributed by atoms with van der Waals surface area (Å²) in [4.78, 5) is 10.6. The monoisotopic (exact) mass is 396 g/mol. The molecule has 0 unspecified atom stereocenters. The minimum atomic E-state index is -3.95. The van der Waals surface area contributed by atoms with E-state index in [1.165, 1.54) is 4.31 Å². The molecule has 1 saturated heterocycles. The summed E-state index contributed by atoms with van der Waals surface area (Å²) in [5.41, 5.74) is 1.52. The first-order valence-electron chi connectivity index (χ1n) is 8.58. The zero-order valence-electron chi connectivity index (χ0n) is 14.4. The van der Waals surface area contributed by atoms with Crippen LogP contribution in [-0.4, -0.2) is 55.5 Å². The maximum Gasteiger partial charge on any atom is 0.243 e. The van der Waals surface area contributed by atoms with Crippen LogP contribution in [-0.2, 0) is 27.7 Å². The van der Waals surface area contributed by atoms with Crippen LogP contribution < -0.4 is 4.90 Å². The molecule has 2 aliphatic rings. The molecule has 0 radical (unpaired) electrons. The van der Waals surface area contributed by atoms with Gasteiger partial charge in [-0.3, -0.25) is 0 Å². The largest absolute Gasteiger partial charge is 0.378 e. The van der Waals surface area contributed by atoms with Crippen LogP contribution in [0.25, 0.3) is 0 Å². The second kappa shape index (κ2) is 7.10. The smallest absolute Gasteiger partial charge is 0.243 e. The molecule has 7 nitrogen and oxygen atoms in total. The minimum absolute atomic E-state index is 0.0660. The van der Waals surface area contributed by atoms with Gasteiger partial charge < -0.3 is 9.64 Å². The molecule has 4 rings (SSSR count). The van der Waals surface area contributed by atoms with Gasteiger partial charge in [0, 0.05) is 25.8 Å². The Morgan fingerprint density at radius 1 is 1.07 bits per heavy atom. The van der Waals surface area contributed by atoms with E-state index in [9.17, 15) is 17.2 Å². The van der Waals surface area contributed by atoms with Gasteiger partial charge in [-0.25, -0.2) is 27.2 Å². The molecule has 0 N–H and O–H groups in total. The van der Waals surface area contributed by atoms with Crippen molar-refractivity contribution < 1.29 is 21.9 Å². The third-order valence-electron chi connectivity index (χ3n) is 4.72. The topological polar surface area (TPSA) is 75.6 Å². The number of halogens is 2. The maximum atomic E-state index is 13.5. The van der Waals surface area contributed by atoms with E-state index < -0.39 is 21.7 Å². The molecule has 1 aromatic heterocycles. The molecule has 10 heteroatoms. The van der Waals surface area contributed by atoms with Gasteiger partial charge in [0.15, 0.2) is 11.6 Å². The SMILES string of the molecule is O=S(=O)(c1ccc(F)c(F)c1)N1CCc2cnc(N3CCOCC3)nc2C1. The number of fused-ring (bicyclic) bond motifs is 1. The van der Waals surface area contributed by atoms with Gasteiger partial charge in [0.2, 0.25) is 16.0 Å². The van der Waals surface area contributed by atoms with Gasteiger partial charge in [0.1, 0.15) is 0 Å². The summed E-state index contributed by atoms with van der Waals surface area (Å²) in [6, 6.07) is 2.60. The molecule has 1 aromatic carbocycles. The summed E-state index contributed by atoms with van der Waals surface area (Å²) >= 11 is 0. The highest BCUT2D eigenvalue weighted by molar-refractivity contribution is 7.89. The highest BCUT2D eigenvalue weighted by atomic mass is 32.2. The predicted octanol–water partition coefficient (Wildman–Crippen LogP) is 1.34. The van der Waals surface area contributed by atoms with Crippen molar-refractivity contribution in [3.63, 3.8) is 0 Å². The van der Waals surface area contributed by atoms with Gasteiger partial charge in [-0.2, -0.15) is 4.31 Å². The molecule has 1 fully saturated rings. The van der Waals surface area contributed by atoms with Crippen LogP contribution in [0.15, 0.2) is 29.3 Å². The Kier molecular flexibility index (Phi) is 4.79. The first-order chi connectivity index (χ1) is 12.9. The number of anilines is 1. The van der Waals surface area contributed by atoms with Crippen LogP contribution in [0.4, 0.5) is 14.7 Å². The van der Waals surface area contributed by atoms with Crippen LogP contribution in [0.2, 0.25) is 0 Å². The number of hydrogen-bond donors (Lipinski definition) is 0. The summed E-state index contributed by atoms with van der Waals surface area (Å²) in [6.07, 6.45) is 2.19. The second-order valence-electron chi connectivity index (χ2n) is 6.41. The quantitative estimate of drug-likeness (QED) is 0.780. The molecular weight excluding hydrogens is 378 g/mol. The number of sulfonamides is 1. The van der Waals surface area contributed by atoms with Gasteiger partial charge in [0.25, 0.3) is 0 Å². The van der Waals surface area contributed by atoms with E-state index in [1.807, 2.05) is 4.90 Å². The molecule has 0 amide bonds. The molecule has 0 bridgehead atoms. The summed E-state index contributed by atoms with van der Waals surface area (Å²) in [6.45, 7) is 2.84. The standard InChI is InChI=1S/C17H18F2N4O3S/c18-14-2-1-13(9-15(14)19)27(24,25)23-4-3-12-10-20-17(21-16(12)11-23)22-5-7-26-8-6-22/h1-2,9-10H,3-8,11H2. The number of rotatable bonds is 3. The van der Waals surface area contributed by atoms with Crippen molar-refractivity contribution in [2.75, 3.05) is 37.7 Å². The lowest BCUT2D eigenvalue weighted by Gasteiger charge is -2.30. The lowest BCUT2D eigenvalue weighted by atomic mass is 10.1. The summed E-state index contributed by atoms with van der Waals surface area (Å²) in [5, 5.41) is 0. The molecule has 27 heavy (non-hydrogen) atoms. The van der Waals surface area contributed by atoms with E-state index >= 15 is 0 Å². The zero-order chi connectivity index (χ0) is 19.0. The van der Waals surface area contributed by atoms with Gasteiger partial charge in [-0.05, 0) is 30.2 Å². The average Bonchev–Trinajstić information content (AvgIpc) is 2.69. The molecule has 0 saturated carbocycles. The van der Waals surface area contributed by atoms with Gasteiger partial charge >= 0.3 is 0 Å². The number of morpholine rings is 1. The molecule has 0 atom stereocenters. The number of ether oxygens (including phenoxy) is 1. The van der Waals surface area contributed by atoms with Crippen LogP contribution in [0.5, 0.6) is 0 Å². The van der Waals surface area contributed by atoms with E-state index in [0.29, 0.717) is 50.4 Å². The average molecular weight is 396 g/mol. The Balaban J connectivity index is 1.60. The minimum Gasteiger partial charge on any atom is -0.378 e. The van der Waals surface area contributed by atoms with Gasteiger partial charge in [0.05, 0.1) is 30.3 Å². The van der Waals surface area contributed by atoms with Crippen LogP contribution in [0.3, 0.4) is 0 Å². The maximum absolute atomic E-state index is 13.5. The second-order valence-corrected chi connectivity index (χ2v) is 8.34. The molecule has 2 aliphatic heterocycles. The van der Waals surface area contributed by atoms with Crippen molar-refractivity contribution in [2.24, 2.45) is 0 Å². The van der Waals surface area contributed by atoms with Gasteiger partial charge in [-0.1, -0.05) is 0 Å². The fraction of sp³-hybridized carbons (Fsp3) is 0.412. The molecular formula is C17H18F2N4O3S. The number of aromatic nitrogens is 2. The van der Waals surface area contributed by atoms with E-state index in [1.54, 1.807) is 6.20 Å². The van der Waals surface area contributed by atoms with E-state index in [0.717, 1.165) is 17.7 Å². The molecule has 3 heterocycles. The Hall–Kier alpha value is -2.17. The molecule has 144 valence electrons. The van der Waals surface area contributed by atoms with Crippen molar-refractivity contribution in [1.29, 1.82) is 0 Å². The lowest BCUT2D eigenvalue weighted by molar-refractivity contribution is 0.122. The van der Waals surface area contributed by atoms with Crippen molar-refractivity contribution in [2.45, 2.75) is 17.9 Å². The summed E-state index contributed by atoms with van der Waals surface area (Å²) in [7, 11) is -3.95. The van der Waals surface area contributed by atoms with Crippen LogP contribution in [0, 0.1) is 11.6 Å². The van der Waals surface area contributed by atoms with Crippen LogP contribution >= 0.6 is 0 Å². The van der Waals surface area contributed by atoms with Crippen molar-refractivity contribution in [3.8, 4) is 0 Å². The highest BCUT2D eigenvalue weighted by Crippen LogP contribution is 2.26. The Morgan fingerprint density at radius 3 is 2.59 bits per heavy atom. The lowest BCUT2D eigenvalue weighted by Crippen LogP contribution is -2.39. The highest BCUT2D eigenvalue weighted by Gasteiger charge is 2.30. The number of nitrogens with zero attached hydrogens (tertiary/aromatic N) is 4. The predicted molar refractivity (Wildman–Crippen MR) is 92.7 cm³/mol. The summed E-state index contributed by atoms with van der Waals surface area (Å²) in [5.74, 6) is -1.73. The fourth-order valence-electron chi connectivity index (χ4n) is 3.18. The molecule has 2 aromatic rings. The summed E-state index contributed by atoms with van der Waals surface area (Å²) < 4.78 is 58.8. The zero-order valence-corrected chi connectivity index (χ0v) is 15.3. The van der Waals surface area contributed by atoms with Crippen LogP contribution in [0.1, 0.15) is 11.3 Å². The van der Waals surface area contributed by atoms with E-state index in [4.69, 9.17) is 4.74 Å². The first-order valence-corrected chi connectivity index (χ1v) is 10.0. The Bertz CT molecular complexity index is 965.